The third-order valence-corrected chi connectivity index (χ3v) is 7.94. The summed E-state index contributed by atoms with van der Waals surface area (Å²) in [5.74, 6) is -2.56. The number of hydrogen-bond acceptors (Lipinski definition) is 7. The van der Waals surface area contributed by atoms with Crippen LogP contribution in [0.2, 0.25) is 5.02 Å². The summed E-state index contributed by atoms with van der Waals surface area (Å²) >= 11 is 5.93. The van der Waals surface area contributed by atoms with Crippen molar-refractivity contribution in [2.24, 2.45) is 5.92 Å². The number of carbonyl (C=O) groups excluding carboxylic acids is 3. The minimum Gasteiger partial charge on any atom is -0.453 e. The van der Waals surface area contributed by atoms with Gasteiger partial charge in [0.1, 0.15) is 11.5 Å². The highest BCUT2D eigenvalue weighted by Crippen LogP contribution is 2.34. The Hall–Kier alpha value is -4.91. The van der Waals surface area contributed by atoms with Crippen LogP contribution in [-0.4, -0.2) is 45.0 Å². The van der Waals surface area contributed by atoms with E-state index in [1.807, 2.05) is 0 Å². The number of fused-ring (bicyclic) bond motifs is 4. The van der Waals surface area contributed by atoms with Gasteiger partial charge in [-0.2, -0.15) is 0 Å². The molecule has 4 aromatic rings. The minimum atomic E-state index is -0.796. The van der Waals surface area contributed by atoms with Gasteiger partial charge in [-0.25, -0.2) is 18.3 Å². The highest BCUT2D eigenvalue weighted by Gasteiger charge is 2.26. The molecule has 234 valence electrons. The highest BCUT2D eigenvalue weighted by atomic mass is 35.5. The van der Waals surface area contributed by atoms with E-state index in [0.717, 1.165) is 6.20 Å². The molecule has 0 unspecified atom stereocenters. The van der Waals surface area contributed by atoms with E-state index in [-0.39, 0.29) is 39.5 Å². The van der Waals surface area contributed by atoms with Gasteiger partial charge in [0.15, 0.2) is 11.5 Å². The molecule has 0 spiro atoms. The normalized spacial score (nSPS) is 16.7. The maximum absolute atomic E-state index is 15.4. The number of benzene rings is 2. The molecular weight excluding hydrogens is 608 g/mol. The summed E-state index contributed by atoms with van der Waals surface area (Å²) in [5.41, 5.74) is 1.93. The number of halogens is 3. The van der Waals surface area contributed by atoms with E-state index in [1.165, 1.54) is 30.0 Å². The van der Waals surface area contributed by atoms with E-state index in [2.05, 4.69) is 36.0 Å². The molecule has 11 nitrogen and oxygen atoms in total. The number of pyridine rings is 1. The molecule has 0 radical (unpaired) electrons. The van der Waals surface area contributed by atoms with Crippen molar-refractivity contribution in [3.63, 3.8) is 0 Å². The summed E-state index contributed by atoms with van der Waals surface area (Å²) in [7, 11) is 1.23. The van der Waals surface area contributed by atoms with Gasteiger partial charge in [0.2, 0.25) is 5.91 Å². The number of anilines is 2. The summed E-state index contributed by atoms with van der Waals surface area (Å²) in [6, 6.07) is 9.93. The van der Waals surface area contributed by atoms with Crippen LogP contribution in [0.25, 0.3) is 16.9 Å². The molecule has 5 rings (SSSR count). The first-order chi connectivity index (χ1) is 21.6. The van der Waals surface area contributed by atoms with Crippen molar-refractivity contribution in [3.05, 3.63) is 82.3 Å². The molecule has 2 aromatic heterocycles. The maximum atomic E-state index is 15.4. The largest absolute Gasteiger partial charge is 0.453 e. The van der Waals surface area contributed by atoms with Gasteiger partial charge in [-0.15, -0.1) is 5.10 Å². The second-order valence-corrected chi connectivity index (χ2v) is 11.1. The van der Waals surface area contributed by atoms with Gasteiger partial charge in [0.05, 0.1) is 41.4 Å². The molecule has 0 fully saturated rings. The zero-order valence-electron chi connectivity index (χ0n) is 24.7. The number of nitrogens with one attached hydrogen (secondary N) is 3. The predicted octanol–water partition coefficient (Wildman–Crippen LogP) is 6.37. The first-order valence-corrected chi connectivity index (χ1v) is 14.6. The Balaban J connectivity index is 1.51. The standard InChI is InChI=1S/C31H30ClF2N7O4/c1-16-7-4-5-9-23(37-30(43)28-17(2)41(40-39-28)26-10-6-8-21(32)27(26)34)20-14-24(35-15-22(20)33)19-12-11-18(36-31(44)45-3)13-25(19)38-29(16)42/h6,8,10-16,23H,4-5,7,9H2,1-3H3,(H,36,44)(H,37,43)(H,38,42)/t16-,23+/m1/s1. The van der Waals surface area contributed by atoms with Crippen molar-refractivity contribution in [1.82, 2.24) is 25.3 Å². The van der Waals surface area contributed by atoms with Crippen LogP contribution in [0.15, 0.2) is 48.7 Å². The Morgan fingerprint density at radius 3 is 2.69 bits per heavy atom. The van der Waals surface area contributed by atoms with E-state index in [4.69, 9.17) is 11.6 Å². The van der Waals surface area contributed by atoms with Crippen LogP contribution in [-0.2, 0) is 9.53 Å². The first-order valence-electron chi connectivity index (χ1n) is 14.2. The van der Waals surface area contributed by atoms with E-state index < -0.39 is 29.7 Å². The summed E-state index contributed by atoms with van der Waals surface area (Å²) in [6.45, 7) is 3.37. The molecule has 1 aliphatic rings. The van der Waals surface area contributed by atoms with Crippen molar-refractivity contribution < 1.29 is 27.9 Å². The fraction of sp³-hybridized carbons (Fsp3) is 0.290. The van der Waals surface area contributed by atoms with Gasteiger partial charge >= 0.3 is 6.09 Å². The van der Waals surface area contributed by atoms with Gasteiger partial charge < -0.3 is 15.4 Å². The number of carbonyl (C=O) groups is 3. The SMILES string of the molecule is COC(=O)Nc1ccc2c(c1)NC(=O)[C@H](C)CCCC[C@H](NC(=O)c1nnn(-c3cccc(Cl)c3F)c1C)c1cc-2ncc1F. The zero-order chi connectivity index (χ0) is 32.2. The summed E-state index contributed by atoms with van der Waals surface area (Å²) in [4.78, 5) is 42.7. The van der Waals surface area contributed by atoms with Gasteiger partial charge in [-0.1, -0.05) is 42.6 Å². The van der Waals surface area contributed by atoms with Crippen molar-refractivity contribution >= 4 is 40.9 Å². The van der Waals surface area contributed by atoms with Crippen LogP contribution >= 0.6 is 11.6 Å². The van der Waals surface area contributed by atoms with E-state index >= 15 is 4.39 Å². The predicted molar refractivity (Wildman–Crippen MR) is 163 cm³/mol. The molecule has 0 saturated heterocycles. The number of aromatic nitrogens is 4. The molecule has 14 heteroatoms. The van der Waals surface area contributed by atoms with Gasteiger partial charge in [-0.05, 0) is 56.2 Å². The zero-order valence-corrected chi connectivity index (χ0v) is 25.4. The fourth-order valence-corrected chi connectivity index (χ4v) is 5.30. The van der Waals surface area contributed by atoms with Crippen LogP contribution in [0.5, 0.6) is 0 Å². The second kappa shape index (κ2) is 13.4. The third-order valence-electron chi connectivity index (χ3n) is 7.65. The van der Waals surface area contributed by atoms with E-state index in [9.17, 15) is 18.8 Å². The van der Waals surface area contributed by atoms with E-state index in [1.54, 1.807) is 38.1 Å². The summed E-state index contributed by atoms with van der Waals surface area (Å²) in [5, 5.41) is 16.2. The van der Waals surface area contributed by atoms with Crippen molar-refractivity contribution in [1.29, 1.82) is 0 Å². The number of rotatable bonds is 4. The second-order valence-electron chi connectivity index (χ2n) is 10.7. The van der Waals surface area contributed by atoms with Crippen LogP contribution in [0.1, 0.15) is 60.4 Å². The molecule has 2 atom stereocenters. The average molecular weight is 638 g/mol. The van der Waals surface area contributed by atoms with Crippen LogP contribution in [0.3, 0.4) is 0 Å². The smallest absolute Gasteiger partial charge is 0.411 e. The number of nitrogens with zero attached hydrogens (tertiary/aromatic N) is 4. The summed E-state index contributed by atoms with van der Waals surface area (Å²) < 4.78 is 36.0. The van der Waals surface area contributed by atoms with Crippen LogP contribution in [0.4, 0.5) is 25.0 Å². The molecule has 1 aliphatic heterocycles. The van der Waals surface area contributed by atoms with Crippen LogP contribution in [0, 0.1) is 24.5 Å². The topological polar surface area (TPSA) is 140 Å². The lowest BCUT2D eigenvalue weighted by Gasteiger charge is -2.20. The summed E-state index contributed by atoms with van der Waals surface area (Å²) in [6.07, 6.45) is 2.46. The molecule has 45 heavy (non-hydrogen) atoms. The fourth-order valence-electron chi connectivity index (χ4n) is 5.13. The van der Waals surface area contributed by atoms with E-state index in [0.29, 0.717) is 48.3 Å². The molecular formula is C31H30ClF2N7O4. The van der Waals surface area contributed by atoms with Gasteiger partial charge in [-0.3, -0.25) is 19.9 Å². The molecule has 3 N–H and O–H groups in total. The Morgan fingerprint density at radius 1 is 1.13 bits per heavy atom. The molecule has 3 amide bonds. The lowest BCUT2D eigenvalue weighted by atomic mass is 9.96. The Bertz CT molecular complexity index is 1780. The van der Waals surface area contributed by atoms with Crippen molar-refractivity contribution in [2.75, 3.05) is 17.7 Å². The monoisotopic (exact) mass is 637 g/mol. The number of ether oxygens (including phenoxy) is 1. The molecule has 2 aromatic carbocycles. The lowest BCUT2D eigenvalue weighted by molar-refractivity contribution is -0.119. The van der Waals surface area contributed by atoms with Crippen molar-refractivity contribution in [2.45, 2.75) is 45.6 Å². The number of amides is 3. The average Bonchev–Trinajstić information content (AvgIpc) is 3.41. The Labute approximate surface area is 262 Å². The Kier molecular flexibility index (Phi) is 9.37. The molecule has 3 heterocycles. The van der Waals surface area contributed by atoms with Crippen molar-refractivity contribution in [3.8, 4) is 16.9 Å². The van der Waals surface area contributed by atoms with Crippen LogP contribution < -0.4 is 16.0 Å². The van der Waals surface area contributed by atoms with Gasteiger partial charge in [0.25, 0.3) is 5.91 Å². The minimum absolute atomic E-state index is 0.0272. The molecule has 2 bridgehead atoms. The molecule has 0 aliphatic carbocycles. The Morgan fingerprint density at radius 2 is 1.91 bits per heavy atom. The van der Waals surface area contributed by atoms with Gasteiger partial charge in [0, 0.05) is 22.7 Å². The molecule has 0 saturated carbocycles. The third kappa shape index (κ3) is 6.78. The highest BCUT2D eigenvalue weighted by molar-refractivity contribution is 6.30. The lowest BCUT2D eigenvalue weighted by Crippen LogP contribution is -2.30. The number of hydrogen-bond donors (Lipinski definition) is 3. The first kappa shape index (κ1) is 31.5. The quantitative estimate of drug-likeness (QED) is 0.236. The number of methoxy groups -OCH3 is 1. The maximum Gasteiger partial charge on any atom is 0.411 e.